The fourth-order valence-corrected chi connectivity index (χ4v) is 2.78. The Morgan fingerprint density at radius 2 is 1.81 bits per heavy atom. The third-order valence-corrected chi connectivity index (χ3v) is 4.30. The Kier molecular flexibility index (Phi) is 4.99. The minimum absolute atomic E-state index is 0.353. The lowest BCUT2D eigenvalue weighted by atomic mass is 10.1. The number of rotatable bonds is 5. The quantitative estimate of drug-likeness (QED) is 0.406. The van der Waals surface area contributed by atoms with Crippen LogP contribution in [0.2, 0.25) is 0 Å². The van der Waals surface area contributed by atoms with E-state index in [1.54, 1.807) is 0 Å². The molecule has 9 heteroatoms. The van der Waals surface area contributed by atoms with Crippen LogP contribution < -0.4 is 10.2 Å². The van der Waals surface area contributed by atoms with Crippen LogP contribution >= 0.6 is 0 Å². The Balaban J connectivity index is 1.93. The molecule has 0 unspecified atom stereocenters. The van der Waals surface area contributed by atoms with Crippen molar-refractivity contribution in [3.8, 4) is 0 Å². The topological polar surface area (TPSA) is 119 Å². The summed E-state index contributed by atoms with van der Waals surface area (Å²) in [5.74, 6) is -2.70. The van der Waals surface area contributed by atoms with E-state index in [2.05, 4.69) is 32.1 Å². The van der Waals surface area contributed by atoms with Crippen LogP contribution in [-0.4, -0.2) is 70.2 Å². The SMILES string of the molecule is CN1CCN(c2ccc3ncnc(NC=C(C(=O)O)C(=O)O)c3c2)CC1. The molecule has 1 fully saturated rings. The summed E-state index contributed by atoms with van der Waals surface area (Å²) < 4.78 is 0. The molecule has 0 radical (unpaired) electrons. The second kappa shape index (κ2) is 7.36. The second-order valence-electron chi connectivity index (χ2n) is 6.03. The molecule has 3 rings (SSSR count). The van der Waals surface area contributed by atoms with E-state index >= 15 is 0 Å². The number of hydrogen-bond donors (Lipinski definition) is 3. The molecule has 1 saturated heterocycles. The number of piperazine rings is 1. The van der Waals surface area contributed by atoms with Gasteiger partial charge in [-0.1, -0.05) is 0 Å². The van der Waals surface area contributed by atoms with Gasteiger partial charge in [0, 0.05) is 43.5 Å². The van der Waals surface area contributed by atoms with Gasteiger partial charge in [-0.15, -0.1) is 0 Å². The van der Waals surface area contributed by atoms with E-state index in [9.17, 15) is 9.59 Å². The van der Waals surface area contributed by atoms with Crippen LogP contribution in [0, 0.1) is 0 Å². The number of aromatic nitrogens is 2. The van der Waals surface area contributed by atoms with Crippen molar-refractivity contribution in [1.29, 1.82) is 0 Å². The van der Waals surface area contributed by atoms with Gasteiger partial charge in [-0.05, 0) is 25.2 Å². The Labute approximate surface area is 149 Å². The van der Waals surface area contributed by atoms with E-state index in [0.29, 0.717) is 16.7 Å². The summed E-state index contributed by atoms with van der Waals surface area (Å²) in [5.41, 5.74) is 0.928. The van der Waals surface area contributed by atoms with Gasteiger partial charge in [0.15, 0.2) is 5.57 Å². The maximum Gasteiger partial charge on any atom is 0.344 e. The van der Waals surface area contributed by atoms with Crippen LogP contribution in [0.3, 0.4) is 0 Å². The number of carboxylic acid groups (broad SMARTS) is 2. The molecular weight excluding hydrogens is 338 g/mol. The summed E-state index contributed by atoms with van der Waals surface area (Å²) in [7, 11) is 2.09. The van der Waals surface area contributed by atoms with Crippen molar-refractivity contribution in [2.75, 3.05) is 43.4 Å². The van der Waals surface area contributed by atoms with Crippen molar-refractivity contribution < 1.29 is 19.8 Å². The molecule has 1 aliphatic rings. The standard InChI is InChI=1S/C17H19N5O4/c1-21-4-6-22(7-5-21)11-2-3-14-12(8-11)15(20-10-19-14)18-9-13(16(23)24)17(25)26/h2-3,8-10H,4-7H2,1H3,(H,23,24)(H,25,26)(H,18,19,20). The maximum absolute atomic E-state index is 11.0. The summed E-state index contributed by atoms with van der Waals surface area (Å²) in [6.45, 7) is 3.75. The molecule has 2 heterocycles. The van der Waals surface area contributed by atoms with Crippen molar-refractivity contribution in [2.45, 2.75) is 0 Å². The highest BCUT2D eigenvalue weighted by molar-refractivity contribution is 6.12. The normalized spacial score (nSPS) is 14.9. The fourth-order valence-electron chi connectivity index (χ4n) is 2.78. The summed E-state index contributed by atoms with van der Waals surface area (Å²) in [5, 5.41) is 21.3. The Bertz CT molecular complexity index is 859. The maximum atomic E-state index is 11.0. The second-order valence-corrected chi connectivity index (χ2v) is 6.03. The highest BCUT2D eigenvalue weighted by Gasteiger charge is 2.17. The molecule has 2 aromatic rings. The number of carbonyl (C=O) groups is 2. The number of nitrogens with zero attached hydrogens (tertiary/aromatic N) is 4. The van der Waals surface area contributed by atoms with Gasteiger partial charge in [0.1, 0.15) is 12.1 Å². The molecule has 9 nitrogen and oxygen atoms in total. The fraction of sp³-hybridized carbons (Fsp3) is 0.294. The van der Waals surface area contributed by atoms with Gasteiger partial charge in [0.2, 0.25) is 0 Å². The minimum atomic E-state index is -1.53. The number of hydrogen-bond acceptors (Lipinski definition) is 7. The molecule has 3 N–H and O–H groups in total. The third kappa shape index (κ3) is 3.72. The molecule has 0 bridgehead atoms. The van der Waals surface area contributed by atoms with Crippen LogP contribution in [0.25, 0.3) is 10.9 Å². The molecule has 26 heavy (non-hydrogen) atoms. The first kappa shape index (κ1) is 17.6. The molecule has 136 valence electrons. The molecule has 0 atom stereocenters. The first-order valence-electron chi connectivity index (χ1n) is 8.07. The monoisotopic (exact) mass is 357 g/mol. The first-order chi connectivity index (χ1) is 12.5. The Morgan fingerprint density at radius 3 is 2.46 bits per heavy atom. The van der Waals surface area contributed by atoms with Gasteiger partial charge in [-0.2, -0.15) is 0 Å². The number of likely N-dealkylation sites (N-methyl/N-ethyl adjacent to an activating group) is 1. The largest absolute Gasteiger partial charge is 0.477 e. The minimum Gasteiger partial charge on any atom is -0.477 e. The molecule has 0 amide bonds. The van der Waals surface area contributed by atoms with Gasteiger partial charge >= 0.3 is 11.9 Å². The van der Waals surface area contributed by atoms with Crippen LogP contribution in [-0.2, 0) is 9.59 Å². The van der Waals surface area contributed by atoms with Crippen LogP contribution in [0.15, 0.2) is 36.3 Å². The summed E-state index contributed by atoms with van der Waals surface area (Å²) >= 11 is 0. The van der Waals surface area contributed by atoms with Crippen molar-refractivity contribution in [3.05, 3.63) is 36.3 Å². The predicted molar refractivity (Wildman–Crippen MR) is 96.2 cm³/mol. The van der Waals surface area contributed by atoms with Crippen LogP contribution in [0.4, 0.5) is 11.5 Å². The molecule has 1 aliphatic heterocycles. The highest BCUT2D eigenvalue weighted by atomic mass is 16.4. The van der Waals surface area contributed by atoms with E-state index in [1.165, 1.54) is 6.33 Å². The lowest BCUT2D eigenvalue weighted by Gasteiger charge is -2.34. The summed E-state index contributed by atoms with van der Waals surface area (Å²) in [6, 6.07) is 5.78. The predicted octanol–water partition coefficient (Wildman–Crippen LogP) is 0.847. The highest BCUT2D eigenvalue weighted by Crippen LogP contribution is 2.26. The first-order valence-corrected chi connectivity index (χ1v) is 8.07. The molecule has 1 aromatic carbocycles. The van der Waals surface area contributed by atoms with E-state index in [-0.39, 0.29) is 0 Å². The Morgan fingerprint density at radius 1 is 1.12 bits per heavy atom. The van der Waals surface area contributed by atoms with E-state index in [0.717, 1.165) is 38.1 Å². The van der Waals surface area contributed by atoms with Crippen molar-refractivity contribution in [1.82, 2.24) is 14.9 Å². The number of benzene rings is 1. The lowest BCUT2D eigenvalue weighted by molar-refractivity contribution is -0.140. The lowest BCUT2D eigenvalue weighted by Crippen LogP contribution is -2.44. The molecule has 0 aliphatic carbocycles. The van der Waals surface area contributed by atoms with Crippen molar-refractivity contribution in [2.24, 2.45) is 0 Å². The summed E-state index contributed by atoms with van der Waals surface area (Å²) in [6.07, 6.45) is 2.27. The molecular formula is C17H19N5O4. The number of fused-ring (bicyclic) bond motifs is 1. The van der Waals surface area contributed by atoms with E-state index < -0.39 is 17.5 Å². The average molecular weight is 357 g/mol. The summed E-state index contributed by atoms with van der Waals surface area (Å²) in [4.78, 5) is 34.8. The number of carboxylic acids is 2. The van der Waals surface area contributed by atoms with Crippen LogP contribution in [0.5, 0.6) is 0 Å². The van der Waals surface area contributed by atoms with Crippen molar-refractivity contribution >= 4 is 34.3 Å². The number of nitrogens with one attached hydrogen (secondary N) is 1. The molecule has 0 spiro atoms. The number of anilines is 2. The third-order valence-electron chi connectivity index (χ3n) is 4.30. The zero-order valence-electron chi connectivity index (χ0n) is 14.2. The van der Waals surface area contributed by atoms with Crippen molar-refractivity contribution in [3.63, 3.8) is 0 Å². The van der Waals surface area contributed by atoms with Gasteiger partial charge in [0.05, 0.1) is 5.52 Å². The van der Waals surface area contributed by atoms with Gasteiger partial charge in [-0.3, -0.25) is 0 Å². The van der Waals surface area contributed by atoms with E-state index in [4.69, 9.17) is 10.2 Å². The smallest absolute Gasteiger partial charge is 0.344 e. The zero-order chi connectivity index (χ0) is 18.7. The molecule has 1 aromatic heterocycles. The van der Waals surface area contributed by atoms with Crippen LogP contribution in [0.1, 0.15) is 0 Å². The number of aliphatic carboxylic acids is 2. The zero-order valence-corrected chi connectivity index (χ0v) is 14.2. The van der Waals surface area contributed by atoms with Gasteiger partial charge in [-0.25, -0.2) is 19.6 Å². The van der Waals surface area contributed by atoms with E-state index in [1.807, 2.05) is 18.2 Å². The molecule has 0 saturated carbocycles. The average Bonchev–Trinajstić information content (AvgIpc) is 2.61. The van der Waals surface area contributed by atoms with Gasteiger partial charge < -0.3 is 25.3 Å². The Hall–Kier alpha value is -3.20. The van der Waals surface area contributed by atoms with Gasteiger partial charge in [0.25, 0.3) is 0 Å².